The molecule has 3 aromatic heterocycles. The molecule has 1 unspecified atom stereocenters. The van der Waals surface area contributed by atoms with Crippen molar-refractivity contribution in [3.63, 3.8) is 0 Å². The van der Waals surface area contributed by atoms with E-state index < -0.39 is 23.3 Å². The van der Waals surface area contributed by atoms with E-state index in [-0.39, 0.29) is 12.2 Å². The maximum absolute atomic E-state index is 12.6. The van der Waals surface area contributed by atoms with Crippen LogP contribution in [0.5, 0.6) is 0 Å². The number of carboxylic acid groups (broad SMARTS) is 1. The van der Waals surface area contributed by atoms with Crippen LogP contribution in [-0.2, 0) is 18.3 Å². The molecule has 0 saturated carbocycles. The Morgan fingerprint density at radius 2 is 2.04 bits per heavy atom. The second-order valence-electron chi connectivity index (χ2n) is 5.55. The first-order valence-electron chi connectivity index (χ1n) is 7.39. The molecule has 0 radical (unpaired) electrons. The molecular weight excluding hydrogens is 326 g/mol. The highest BCUT2D eigenvalue weighted by atomic mass is 16.4. The summed E-state index contributed by atoms with van der Waals surface area (Å²) in [5.74, 6) is -0.964. The topological polar surface area (TPSA) is 133 Å². The highest BCUT2D eigenvalue weighted by Crippen LogP contribution is 2.08. The average molecular weight is 341 g/mol. The quantitative estimate of drug-likeness (QED) is 0.649. The first-order chi connectivity index (χ1) is 11.9. The molecule has 3 heterocycles. The van der Waals surface area contributed by atoms with Crippen LogP contribution in [0.2, 0.25) is 0 Å². The van der Waals surface area contributed by atoms with Crippen molar-refractivity contribution >= 4 is 16.9 Å². The van der Waals surface area contributed by atoms with E-state index in [2.05, 4.69) is 9.97 Å². The summed E-state index contributed by atoms with van der Waals surface area (Å²) < 4.78 is 2.28. The van der Waals surface area contributed by atoms with E-state index in [0.717, 1.165) is 4.57 Å². The van der Waals surface area contributed by atoms with Gasteiger partial charge in [0, 0.05) is 19.4 Å². The Balaban J connectivity index is 2.10. The summed E-state index contributed by atoms with van der Waals surface area (Å²) in [4.78, 5) is 44.0. The molecule has 25 heavy (non-hydrogen) atoms. The first kappa shape index (κ1) is 16.5. The summed E-state index contributed by atoms with van der Waals surface area (Å²) in [6.07, 6.45) is 4.42. The minimum absolute atomic E-state index is 0.0961. The summed E-state index contributed by atoms with van der Waals surface area (Å²) in [5, 5.41) is 9.18. The molecule has 0 amide bonds. The SMILES string of the molecule is Cn1c(=O)n(-c2ccc(CC(N)C(=O)O)cn2)c(=O)c2ccncc21. The van der Waals surface area contributed by atoms with Gasteiger partial charge in [0.25, 0.3) is 5.56 Å². The van der Waals surface area contributed by atoms with E-state index in [1.165, 1.54) is 35.3 Å². The smallest absolute Gasteiger partial charge is 0.337 e. The predicted octanol–water partition coefficient (Wildman–Crippen LogP) is -0.566. The number of carbonyl (C=O) groups is 1. The van der Waals surface area contributed by atoms with Crippen LogP contribution in [0.3, 0.4) is 0 Å². The standard InChI is InChI=1S/C16H15N5O4/c1-20-12-8-18-5-4-10(12)14(22)21(16(20)25)13-3-2-9(7-19-13)6-11(17)15(23)24/h2-5,7-8,11H,6,17H2,1H3,(H,23,24). The van der Waals surface area contributed by atoms with Crippen LogP contribution < -0.4 is 17.0 Å². The molecule has 3 rings (SSSR count). The van der Waals surface area contributed by atoms with E-state index in [1.54, 1.807) is 13.1 Å². The van der Waals surface area contributed by atoms with Gasteiger partial charge in [-0.25, -0.2) is 14.3 Å². The van der Waals surface area contributed by atoms with Crippen molar-refractivity contribution in [3.8, 4) is 5.82 Å². The zero-order valence-electron chi connectivity index (χ0n) is 13.3. The van der Waals surface area contributed by atoms with Gasteiger partial charge in [-0.1, -0.05) is 6.07 Å². The van der Waals surface area contributed by atoms with Gasteiger partial charge in [0.05, 0.1) is 17.1 Å². The Morgan fingerprint density at radius 3 is 2.68 bits per heavy atom. The third-order valence-electron chi connectivity index (χ3n) is 3.88. The minimum atomic E-state index is -1.11. The number of aromatic nitrogens is 4. The van der Waals surface area contributed by atoms with E-state index >= 15 is 0 Å². The lowest BCUT2D eigenvalue weighted by molar-refractivity contribution is -0.138. The van der Waals surface area contributed by atoms with Crippen LogP contribution in [0.15, 0.2) is 46.4 Å². The second kappa shape index (κ2) is 6.29. The van der Waals surface area contributed by atoms with Crippen molar-refractivity contribution in [2.75, 3.05) is 0 Å². The van der Waals surface area contributed by atoms with Crippen LogP contribution in [0.25, 0.3) is 16.7 Å². The van der Waals surface area contributed by atoms with E-state index in [0.29, 0.717) is 16.5 Å². The van der Waals surface area contributed by atoms with Gasteiger partial charge in [-0.05, 0) is 24.1 Å². The van der Waals surface area contributed by atoms with Crippen LogP contribution in [0.4, 0.5) is 0 Å². The van der Waals surface area contributed by atoms with Gasteiger partial charge < -0.3 is 10.8 Å². The first-order valence-corrected chi connectivity index (χ1v) is 7.39. The molecule has 3 N–H and O–H groups in total. The Kier molecular flexibility index (Phi) is 4.15. The maximum Gasteiger partial charge on any atom is 0.337 e. The van der Waals surface area contributed by atoms with Crippen LogP contribution in [0.1, 0.15) is 5.56 Å². The van der Waals surface area contributed by atoms with Crippen LogP contribution in [-0.4, -0.2) is 36.2 Å². The number of rotatable bonds is 4. The lowest BCUT2D eigenvalue weighted by Gasteiger charge is -2.10. The number of aryl methyl sites for hydroxylation is 1. The Hall–Kier alpha value is -3.33. The lowest BCUT2D eigenvalue weighted by Crippen LogP contribution is -2.38. The average Bonchev–Trinajstić information content (AvgIpc) is 2.61. The molecule has 0 bridgehead atoms. The zero-order valence-corrected chi connectivity index (χ0v) is 13.3. The highest BCUT2D eigenvalue weighted by molar-refractivity contribution is 5.77. The van der Waals surface area contributed by atoms with Crippen molar-refractivity contribution in [2.45, 2.75) is 12.5 Å². The van der Waals surface area contributed by atoms with Crippen molar-refractivity contribution in [3.05, 3.63) is 63.2 Å². The van der Waals surface area contributed by atoms with Gasteiger partial charge in [0.2, 0.25) is 0 Å². The Labute approximate surface area is 141 Å². The lowest BCUT2D eigenvalue weighted by atomic mass is 10.1. The largest absolute Gasteiger partial charge is 0.480 e. The number of carboxylic acids is 1. The molecule has 128 valence electrons. The molecule has 0 aromatic carbocycles. The minimum Gasteiger partial charge on any atom is -0.480 e. The summed E-state index contributed by atoms with van der Waals surface area (Å²) in [6, 6.07) is 3.57. The third-order valence-corrected chi connectivity index (χ3v) is 3.88. The maximum atomic E-state index is 12.6. The summed E-state index contributed by atoms with van der Waals surface area (Å²) in [7, 11) is 1.54. The van der Waals surface area contributed by atoms with Gasteiger partial charge in [-0.15, -0.1) is 0 Å². The number of nitrogens with zero attached hydrogens (tertiary/aromatic N) is 4. The normalized spacial score (nSPS) is 12.2. The molecule has 0 spiro atoms. The monoisotopic (exact) mass is 341 g/mol. The summed E-state index contributed by atoms with van der Waals surface area (Å²) in [6.45, 7) is 0. The van der Waals surface area contributed by atoms with E-state index in [4.69, 9.17) is 10.8 Å². The Bertz CT molecular complexity index is 1070. The predicted molar refractivity (Wildman–Crippen MR) is 89.7 cm³/mol. The number of aliphatic carboxylic acids is 1. The van der Waals surface area contributed by atoms with Gasteiger partial charge >= 0.3 is 11.7 Å². The molecule has 3 aromatic rings. The fraction of sp³-hybridized carbons (Fsp3) is 0.188. The van der Waals surface area contributed by atoms with E-state index in [1.807, 2.05) is 0 Å². The van der Waals surface area contributed by atoms with Gasteiger partial charge in [0.1, 0.15) is 11.9 Å². The molecule has 9 nitrogen and oxygen atoms in total. The van der Waals surface area contributed by atoms with Crippen LogP contribution >= 0.6 is 0 Å². The molecule has 1 atom stereocenters. The van der Waals surface area contributed by atoms with Crippen molar-refractivity contribution in [1.29, 1.82) is 0 Å². The molecule has 0 aliphatic carbocycles. The molecular formula is C16H15N5O4. The Morgan fingerprint density at radius 1 is 1.28 bits per heavy atom. The molecule has 9 heteroatoms. The van der Waals surface area contributed by atoms with Crippen LogP contribution in [0, 0.1) is 0 Å². The molecule has 0 saturated heterocycles. The molecule has 0 fully saturated rings. The molecule has 0 aliphatic rings. The fourth-order valence-electron chi connectivity index (χ4n) is 2.51. The number of nitrogens with two attached hydrogens (primary N) is 1. The van der Waals surface area contributed by atoms with E-state index in [9.17, 15) is 14.4 Å². The number of pyridine rings is 2. The third kappa shape index (κ3) is 2.92. The zero-order chi connectivity index (χ0) is 18.1. The van der Waals surface area contributed by atoms with Gasteiger partial charge in [0.15, 0.2) is 0 Å². The van der Waals surface area contributed by atoms with Crippen molar-refractivity contribution in [2.24, 2.45) is 12.8 Å². The number of fused-ring (bicyclic) bond motifs is 1. The van der Waals surface area contributed by atoms with Gasteiger partial charge in [-0.3, -0.25) is 19.1 Å². The highest BCUT2D eigenvalue weighted by Gasteiger charge is 2.15. The summed E-state index contributed by atoms with van der Waals surface area (Å²) >= 11 is 0. The second-order valence-corrected chi connectivity index (χ2v) is 5.55. The van der Waals surface area contributed by atoms with Crippen molar-refractivity contribution < 1.29 is 9.90 Å². The van der Waals surface area contributed by atoms with Gasteiger partial charge in [-0.2, -0.15) is 0 Å². The summed E-state index contributed by atoms with van der Waals surface area (Å²) in [5.41, 5.74) is 5.46. The number of hydrogen-bond acceptors (Lipinski definition) is 6. The number of hydrogen-bond donors (Lipinski definition) is 2. The fourth-order valence-corrected chi connectivity index (χ4v) is 2.51. The van der Waals surface area contributed by atoms with Crippen molar-refractivity contribution in [1.82, 2.24) is 19.1 Å². The molecule has 0 aliphatic heterocycles.